The van der Waals surface area contributed by atoms with Gasteiger partial charge in [0.05, 0.1) is 13.2 Å². The molecule has 0 spiro atoms. The fraction of sp³-hybridized carbons (Fsp3) is 0.538. The van der Waals surface area contributed by atoms with Gasteiger partial charge in [0.15, 0.2) is 0 Å². The molecule has 0 aromatic heterocycles. The molecule has 1 N–H and O–H groups in total. The maximum absolute atomic E-state index is 13.3. The second-order valence-electron chi connectivity index (χ2n) is 4.20. The molecule has 0 amide bonds. The van der Waals surface area contributed by atoms with Crippen molar-refractivity contribution in [1.82, 2.24) is 10.2 Å². The Balaban J connectivity index is 0.00000162. The van der Waals surface area contributed by atoms with E-state index < -0.39 is 0 Å². The largest absolute Gasteiger partial charge is 0.496 e. The Kier molecular flexibility index (Phi) is 6.39. The van der Waals surface area contributed by atoms with Gasteiger partial charge in [0.1, 0.15) is 12.4 Å². The van der Waals surface area contributed by atoms with Crippen LogP contribution in [0.15, 0.2) is 24.3 Å². The van der Waals surface area contributed by atoms with Crippen LogP contribution in [0.5, 0.6) is 5.75 Å². The highest BCUT2D eigenvalue weighted by atomic mass is 35.5. The molecule has 1 aromatic rings. The predicted molar refractivity (Wildman–Crippen MR) is 73.4 cm³/mol. The van der Waals surface area contributed by atoms with Crippen LogP contribution in [0.4, 0.5) is 4.39 Å². The molecule has 0 bridgehead atoms. The molecule has 1 atom stereocenters. The van der Waals surface area contributed by atoms with E-state index in [0.29, 0.717) is 0 Å². The average Bonchev–Trinajstić information content (AvgIpc) is 2.41. The summed E-state index contributed by atoms with van der Waals surface area (Å²) in [6.07, 6.45) is 0. The first-order valence-corrected chi connectivity index (χ1v) is 6.00. The molecule has 1 aliphatic rings. The Morgan fingerprint density at radius 1 is 1.33 bits per heavy atom. The van der Waals surface area contributed by atoms with E-state index in [9.17, 15) is 4.39 Å². The summed E-state index contributed by atoms with van der Waals surface area (Å²) in [7, 11) is 1.63. The van der Waals surface area contributed by atoms with Gasteiger partial charge in [-0.05, 0) is 6.07 Å². The highest BCUT2D eigenvalue weighted by Crippen LogP contribution is 2.29. The van der Waals surface area contributed by atoms with E-state index in [-0.39, 0.29) is 25.1 Å². The lowest BCUT2D eigenvalue weighted by atomic mass is 10.0. The number of benzene rings is 1. The van der Waals surface area contributed by atoms with Crippen LogP contribution in [-0.4, -0.2) is 44.9 Å². The smallest absolute Gasteiger partial charge is 0.123 e. The van der Waals surface area contributed by atoms with Crippen LogP contribution in [0.25, 0.3) is 0 Å². The third-order valence-corrected chi connectivity index (χ3v) is 3.24. The highest BCUT2D eigenvalue weighted by molar-refractivity contribution is 5.85. The monoisotopic (exact) mass is 274 g/mol. The summed E-state index contributed by atoms with van der Waals surface area (Å²) in [5.41, 5.74) is 0.944. The summed E-state index contributed by atoms with van der Waals surface area (Å²) in [5.74, 6) is 0.772. The Hall–Kier alpha value is -0.840. The lowest BCUT2D eigenvalue weighted by molar-refractivity contribution is 0.145. The van der Waals surface area contributed by atoms with Crippen molar-refractivity contribution < 1.29 is 9.13 Å². The van der Waals surface area contributed by atoms with Gasteiger partial charge in [-0.15, -0.1) is 12.4 Å². The van der Waals surface area contributed by atoms with Crippen LogP contribution in [0, 0.1) is 0 Å². The number of para-hydroxylation sites is 1. The minimum absolute atomic E-state index is 0. The molecular formula is C13H20ClFN2O. The van der Waals surface area contributed by atoms with E-state index >= 15 is 0 Å². The number of hydrogen-bond acceptors (Lipinski definition) is 3. The van der Waals surface area contributed by atoms with Crippen molar-refractivity contribution in [3.63, 3.8) is 0 Å². The number of hydrogen-bond donors (Lipinski definition) is 1. The average molecular weight is 275 g/mol. The molecule has 0 saturated carbocycles. The van der Waals surface area contributed by atoms with E-state index in [1.807, 2.05) is 24.3 Å². The van der Waals surface area contributed by atoms with Crippen molar-refractivity contribution in [2.24, 2.45) is 0 Å². The lowest BCUT2D eigenvalue weighted by Gasteiger charge is -2.34. The van der Waals surface area contributed by atoms with E-state index in [4.69, 9.17) is 4.74 Å². The molecule has 18 heavy (non-hydrogen) atoms. The fourth-order valence-electron chi connectivity index (χ4n) is 2.31. The third-order valence-electron chi connectivity index (χ3n) is 3.24. The summed E-state index contributed by atoms with van der Waals surface area (Å²) in [4.78, 5) is 2.17. The number of halogens is 2. The molecule has 1 saturated heterocycles. The SMILES string of the molecule is COc1ccccc1[C@H](CF)N1CCNCC1.Cl. The molecule has 0 radical (unpaired) electrons. The van der Waals surface area contributed by atoms with Gasteiger partial charge in [0, 0.05) is 31.7 Å². The van der Waals surface area contributed by atoms with Crippen molar-refractivity contribution in [3.05, 3.63) is 29.8 Å². The molecule has 0 aliphatic carbocycles. The van der Waals surface area contributed by atoms with Gasteiger partial charge in [0.25, 0.3) is 0 Å². The van der Waals surface area contributed by atoms with Crippen LogP contribution >= 0.6 is 12.4 Å². The Labute approximate surface area is 114 Å². The number of methoxy groups -OCH3 is 1. The van der Waals surface area contributed by atoms with Crippen molar-refractivity contribution in [2.75, 3.05) is 40.0 Å². The van der Waals surface area contributed by atoms with Crippen LogP contribution in [0.3, 0.4) is 0 Å². The van der Waals surface area contributed by atoms with Gasteiger partial charge >= 0.3 is 0 Å². The van der Waals surface area contributed by atoms with Gasteiger partial charge in [0.2, 0.25) is 0 Å². The summed E-state index contributed by atoms with van der Waals surface area (Å²) in [6.45, 7) is 3.23. The molecule has 1 heterocycles. The Morgan fingerprint density at radius 3 is 2.61 bits per heavy atom. The Morgan fingerprint density at radius 2 is 2.00 bits per heavy atom. The van der Waals surface area contributed by atoms with E-state index in [0.717, 1.165) is 37.5 Å². The molecule has 5 heteroatoms. The van der Waals surface area contributed by atoms with Crippen LogP contribution in [0.1, 0.15) is 11.6 Å². The van der Waals surface area contributed by atoms with Gasteiger partial charge in [-0.2, -0.15) is 0 Å². The first-order chi connectivity index (χ1) is 8.36. The second kappa shape index (κ2) is 7.56. The maximum atomic E-state index is 13.3. The normalized spacial score (nSPS) is 17.9. The van der Waals surface area contributed by atoms with Gasteiger partial charge in [-0.1, -0.05) is 18.2 Å². The zero-order valence-electron chi connectivity index (χ0n) is 10.6. The molecule has 102 valence electrons. The van der Waals surface area contributed by atoms with Crippen LogP contribution in [0.2, 0.25) is 0 Å². The van der Waals surface area contributed by atoms with E-state index in [1.54, 1.807) is 7.11 Å². The first-order valence-electron chi connectivity index (χ1n) is 6.00. The summed E-state index contributed by atoms with van der Waals surface area (Å²) in [5, 5.41) is 3.28. The third kappa shape index (κ3) is 3.34. The van der Waals surface area contributed by atoms with Crippen LogP contribution in [-0.2, 0) is 0 Å². The van der Waals surface area contributed by atoms with E-state index in [2.05, 4.69) is 10.2 Å². The maximum Gasteiger partial charge on any atom is 0.123 e. The molecule has 1 aromatic carbocycles. The van der Waals surface area contributed by atoms with E-state index in [1.165, 1.54) is 0 Å². The highest BCUT2D eigenvalue weighted by Gasteiger charge is 2.24. The number of nitrogens with one attached hydrogen (secondary N) is 1. The molecular weight excluding hydrogens is 255 g/mol. The summed E-state index contributed by atoms with van der Waals surface area (Å²) < 4.78 is 18.6. The van der Waals surface area contributed by atoms with Crippen molar-refractivity contribution in [3.8, 4) is 5.75 Å². The topological polar surface area (TPSA) is 24.5 Å². The molecule has 0 unspecified atom stereocenters. The van der Waals surface area contributed by atoms with Crippen molar-refractivity contribution in [2.45, 2.75) is 6.04 Å². The van der Waals surface area contributed by atoms with Gasteiger partial charge in [-0.25, -0.2) is 4.39 Å². The predicted octanol–water partition coefficient (Wildman–Crippen LogP) is 2.03. The van der Waals surface area contributed by atoms with Crippen molar-refractivity contribution in [1.29, 1.82) is 0 Å². The first kappa shape index (κ1) is 15.2. The standard InChI is InChI=1S/C13H19FN2O.ClH/c1-17-13-5-3-2-4-11(13)12(10-14)16-8-6-15-7-9-16;/h2-5,12,15H,6-10H2,1H3;1H/t12-;/m0./s1. The molecule has 1 fully saturated rings. The van der Waals surface area contributed by atoms with Crippen molar-refractivity contribution >= 4 is 12.4 Å². The minimum Gasteiger partial charge on any atom is -0.496 e. The zero-order valence-corrected chi connectivity index (χ0v) is 11.4. The number of ether oxygens (including phenoxy) is 1. The molecule has 2 rings (SSSR count). The number of piperazine rings is 1. The number of rotatable bonds is 4. The molecule has 3 nitrogen and oxygen atoms in total. The number of alkyl halides is 1. The lowest BCUT2D eigenvalue weighted by Crippen LogP contribution is -2.45. The minimum atomic E-state index is -0.375. The van der Waals surface area contributed by atoms with Gasteiger partial charge < -0.3 is 10.1 Å². The summed E-state index contributed by atoms with van der Waals surface area (Å²) >= 11 is 0. The molecule has 1 aliphatic heterocycles. The zero-order chi connectivity index (χ0) is 12.1. The number of nitrogens with zero attached hydrogens (tertiary/aromatic N) is 1. The van der Waals surface area contributed by atoms with Gasteiger partial charge in [-0.3, -0.25) is 4.90 Å². The summed E-state index contributed by atoms with van der Waals surface area (Å²) in [6, 6.07) is 7.50. The fourth-order valence-corrected chi connectivity index (χ4v) is 2.31. The Bertz CT molecular complexity index is 359. The second-order valence-corrected chi connectivity index (χ2v) is 4.20. The quantitative estimate of drug-likeness (QED) is 0.909. The van der Waals surface area contributed by atoms with Crippen LogP contribution < -0.4 is 10.1 Å².